The van der Waals surface area contributed by atoms with Crippen LogP contribution in [-0.4, -0.2) is 29.3 Å². The molecule has 0 amide bonds. The van der Waals surface area contributed by atoms with Gasteiger partial charge in [-0.3, -0.25) is 0 Å². The van der Waals surface area contributed by atoms with E-state index in [1.165, 1.54) is 5.56 Å². The third-order valence-electron chi connectivity index (χ3n) is 3.09. The molecule has 0 spiro atoms. The van der Waals surface area contributed by atoms with Crippen molar-refractivity contribution in [1.29, 1.82) is 0 Å². The molecule has 2 heterocycles. The monoisotopic (exact) mass is 279 g/mol. The molecule has 5 heteroatoms. The van der Waals surface area contributed by atoms with Crippen molar-refractivity contribution in [2.24, 2.45) is 0 Å². The van der Waals surface area contributed by atoms with E-state index in [1.807, 2.05) is 6.92 Å². The average Bonchev–Trinajstić information content (AvgIpc) is 2.98. The minimum atomic E-state index is 0.236. The second kappa shape index (κ2) is 6.21. The van der Waals surface area contributed by atoms with Crippen molar-refractivity contribution in [2.45, 2.75) is 32.9 Å². The summed E-state index contributed by atoms with van der Waals surface area (Å²) < 4.78 is 7.34. The Hall–Kier alpha value is -1.33. The molecule has 2 atom stereocenters. The van der Waals surface area contributed by atoms with E-state index in [1.54, 1.807) is 18.4 Å². The van der Waals surface area contributed by atoms with Gasteiger partial charge in [0.15, 0.2) is 0 Å². The van der Waals surface area contributed by atoms with Crippen LogP contribution in [0.2, 0.25) is 0 Å². The lowest BCUT2D eigenvalue weighted by Gasteiger charge is -2.19. The lowest BCUT2D eigenvalue weighted by atomic mass is 10.2. The van der Waals surface area contributed by atoms with Gasteiger partial charge >= 0.3 is 0 Å². The summed E-state index contributed by atoms with van der Waals surface area (Å²) in [5, 5.41) is 7.70. The number of aromatic nitrogens is 2. The standard InChI is InChI=1S/C14H21N3OS/c1-10-7-17(12(3)13-5-6-19-9-13)14(15-10)16-11(2)8-18-4/h5-7,9,11-12H,8H2,1-4H3,(H,15,16). The van der Waals surface area contributed by atoms with Crippen molar-refractivity contribution in [3.8, 4) is 0 Å². The molecule has 2 unspecified atom stereocenters. The Kier molecular flexibility index (Phi) is 4.61. The number of nitrogens with zero attached hydrogens (tertiary/aromatic N) is 2. The summed E-state index contributed by atoms with van der Waals surface area (Å²) in [5.74, 6) is 0.903. The van der Waals surface area contributed by atoms with Gasteiger partial charge in [0.05, 0.1) is 18.3 Å². The van der Waals surface area contributed by atoms with Gasteiger partial charge in [0, 0.05) is 19.3 Å². The van der Waals surface area contributed by atoms with E-state index in [9.17, 15) is 0 Å². The molecule has 4 nitrogen and oxygen atoms in total. The van der Waals surface area contributed by atoms with E-state index in [0.717, 1.165) is 11.6 Å². The van der Waals surface area contributed by atoms with Crippen molar-refractivity contribution in [3.05, 3.63) is 34.3 Å². The van der Waals surface area contributed by atoms with Gasteiger partial charge in [0.2, 0.25) is 5.95 Å². The Morgan fingerprint density at radius 2 is 2.26 bits per heavy atom. The Balaban J connectivity index is 2.20. The number of methoxy groups -OCH3 is 1. The van der Waals surface area contributed by atoms with Crippen LogP contribution in [0.25, 0.3) is 0 Å². The molecule has 2 aromatic rings. The van der Waals surface area contributed by atoms with Gasteiger partial charge < -0.3 is 14.6 Å². The molecule has 104 valence electrons. The van der Waals surface area contributed by atoms with Gasteiger partial charge in [-0.2, -0.15) is 11.3 Å². The largest absolute Gasteiger partial charge is 0.383 e. The number of imidazole rings is 1. The van der Waals surface area contributed by atoms with Crippen LogP contribution < -0.4 is 5.32 Å². The summed E-state index contributed by atoms with van der Waals surface area (Å²) in [6.07, 6.45) is 2.09. The first-order chi connectivity index (χ1) is 9.11. The fraction of sp³-hybridized carbons (Fsp3) is 0.500. The molecule has 0 fully saturated rings. The third kappa shape index (κ3) is 3.36. The van der Waals surface area contributed by atoms with E-state index < -0.39 is 0 Å². The first-order valence-electron chi connectivity index (χ1n) is 6.45. The Labute approximate surface area is 118 Å². The fourth-order valence-electron chi connectivity index (χ4n) is 2.10. The van der Waals surface area contributed by atoms with Crippen molar-refractivity contribution in [3.63, 3.8) is 0 Å². The van der Waals surface area contributed by atoms with Crippen molar-refractivity contribution in [2.75, 3.05) is 19.0 Å². The molecular weight excluding hydrogens is 258 g/mol. The van der Waals surface area contributed by atoms with Crippen molar-refractivity contribution < 1.29 is 4.74 Å². The molecule has 0 bridgehead atoms. The SMILES string of the molecule is COCC(C)Nc1nc(C)cn1C(C)c1ccsc1. The number of rotatable bonds is 6. The highest BCUT2D eigenvalue weighted by Crippen LogP contribution is 2.24. The van der Waals surface area contributed by atoms with Gasteiger partial charge in [-0.25, -0.2) is 4.98 Å². The summed E-state index contributed by atoms with van der Waals surface area (Å²) in [6.45, 7) is 6.96. The van der Waals surface area contributed by atoms with Crippen LogP contribution >= 0.6 is 11.3 Å². The van der Waals surface area contributed by atoms with Crippen LogP contribution in [0, 0.1) is 6.92 Å². The highest BCUT2D eigenvalue weighted by atomic mass is 32.1. The average molecular weight is 279 g/mol. The molecule has 0 aliphatic carbocycles. The molecule has 0 saturated carbocycles. The van der Waals surface area contributed by atoms with Gasteiger partial charge in [0.25, 0.3) is 0 Å². The third-order valence-corrected chi connectivity index (χ3v) is 3.79. The van der Waals surface area contributed by atoms with Crippen LogP contribution in [0.4, 0.5) is 5.95 Å². The fourth-order valence-corrected chi connectivity index (χ4v) is 2.85. The summed E-state index contributed by atoms with van der Waals surface area (Å²) in [4.78, 5) is 4.56. The second-order valence-corrected chi connectivity index (χ2v) is 5.63. The van der Waals surface area contributed by atoms with Crippen molar-refractivity contribution >= 4 is 17.3 Å². The van der Waals surface area contributed by atoms with E-state index in [-0.39, 0.29) is 12.1 Å². The lowest BCUT2D eigenvalue weighted by Crippen LogP contribution is -2.23. The highest BCUT2D eigenvalue weighted by molar-refractivity contribution is 7.07. The van der Waals surface area contributed by atoms with E-state index in [4.69, 9.17) is 4.74 Å². The number of aryl methyl sites for hydroxylation is 1. The zero-order valence-corrected chi connectivity index (χ0v) is 12.7. The molecule has 0 aliphatic rings. The smallest absolute Gasteiger partial charge is 0.203 e. The van der Waals surface area contributed by atoms with Crippen molar-refractivity contribution in [1.82, 2.24) is 9.55 Å². The zero-order chi connectivity index (χ0) is 13.8. The molecular formula is C14H21N3OS. The molecule has 2 rings (SSSR count). The summed E-state index contributed by atoms with van der Waals surface area (Å²) >= 11 is 1.72. The van der Waals surface area contributed by atoms with Crippen LogP contribution in [0.15, 0.2) is 23.0 Å². The summed E-state index contributed by atoms with van der Waals surface area (Å²) in [5.41, 5.74) is 2.33. The molecule has 0 saturated heterocycles. The number of nitrogens with one attached hydrogen (secondary N) is 1. The van der Waals surface area contributed by atoms with Gasteiger partial charge in [-0.05, 0) is 43.2 Å². The van der Waals surface area contributed by atoms with Gasteiger partial charge in [-0.15, -0.1) is 0 Å². The highest BCUT2D eigenvalue weighted by Gasteiger charge is 2.15. The molecule has 2 aromatic heterocycles. The Morgan fingerprint density at radius 3 is 2.89 bits per heavy atom. The second-order valence-electron chi connectivity index (χ2n) is 4.85. The molecule has 0 aromatic carbocycles. The number of hydrogen-bond donors (Lipinski definition) is 1. The predicted molar refractivity (Wildman–Crippen MR) is 80.1 cm³/mol. The number of hydrogen-bond acceptors (Lipinski definition) is 4. The summed E-state index contributed by atoms with van der Waals surface area (Å²) in [7, 11) is 1.71. The molecule has 0 aliphatic heterocycles. The van der Waals surface area contributed by atoms with Crippen LogP contribution in [0.3, 0.4) is 0 Å². The Morgan fingerprint density at radius 1 is 1.47 bits per heavy atom. The van der Waals surface area contributed by atoms with Gasteiger partial charge in [-0.1, -0.05) is 0 Å². The van der Waals surface area contributed by atoms with Gasteiger partial charge in [0.1, 0.15) is 0 Å². The Bertz CT molecular complexity index is 507. The first kappa shape index (κ1) is 14.1. The van der Waals surface area contributed by atoms with E-state index >= 15 is 0 Å². The lowest BCUT2D eigenvalue weighted by molar-refractivity contribution is 0.190. The molecule has 19 heavy (non-hydrogen) atoms. The maximum atomic E-state index is 5.16. The number of ether oxygens (including phenoxy) is 1. The predicted octanol–water partition coefficient (Wildman–Crippen LogP) is 3.31. The summed E-state index contributed by atoms with van der Waals surface area (Å²) in [6, 6.07) is 2.68. The molecule has 1 N–H and O–H groups in total. The zero-order valence-electron chi connectivity index (χ0n) is 11.9. The van der Waals surface area contributed by atoms with E-state index in [0.29, 0.717) is 6.61 Å². The quantitative estimate of drug-likeness (QED) is 0.881. The number of thiophene rings is 1. The minimum absolute atomic E-state index is 0.236. The molecule has 0 radical (unpaired) electrons. The first-order valence-corrected chi connectivity index (χ1v) is 7.39. The maximum absolute atomic E-state index is 5.16. The normalized spacial score (nSPS) is 14.3. The number of anilines is 1. The topological polar surface area (TPSA) is 39.1 Å². The van der Waals surface area contributed by atoms with Crippen LogP contribution in [0.5, 0.6) is 0 Å². The van der Waals surface area contributed by atoms with Crippen LogP contribution in [-0.2, 0) is 4.74 Å². The van der Waals surface area contributed by atoms with Crippen LogP contribution in [0.1, 0.15) is 31.1 Å². The minimum Gasteiger partial charge on any atom is -0.383 e. The maximum Gasteiger partial charge on any atom is 0.203 e. The van der Waals surface area contributed by atoms with E-state index in [2.05, 4.69) is 51.7 Å².